The van der Waals surface area contributed by atoms with Crippen molar-refractivity contribution in [2.75, 3.05) is 0 Å². The zero-order valence-electron chi connectivity index (χ0n) is 36.3. The maximum absolute atomic E-state index is 5.45. The summed E-state index contributed by atoms with van der Waals surface area (Å²) in [6.45, 7) is 0. The van der Waals surface area contributed by atoms with E-state index in [4.69, 9.17) is 15.0 Å². The molecule has 13 aromatic rings. The highest BCUT2D eigenvalue weighted by Gasteiger charge is 2.24. The lowest BCUT2D eigenvalue weighted by Crippen LogP contribution is -1.96. The van der Waals surface area contributed by atoms with E-state index in [0.717, 1.165) is 66.8 Å². The predicted octanol–water partition coefficient (Wildman–Crippen LogP) is 17.4. The van der Waals surface area contributed by atoms with Crippen molar-refractivity contribution in [1.82, 2.24) is 15.0 Å². The van der Waals surface area contributed by atoms with Crippen molar-refractivity contribution < 1.29 is 0 Å². The van der Waals surface area contributed by atoms with Gasteiger partial charge in [0, 0.05) is 48.2 Å². The van der Waals surface area contributed by atoms with Crippen LogP contribution in [0.2, 0.25) is 0 Å². The molecule has 3 heterocycles. The first-order valence-electron chi connectivity index (χ1n) is 22.7. The monoisotopic (exact) mass is 869 g/mol. The van der Waals surface area contributed by atoms with E-state index >= 15 is 0 Å². The van der Waals surface area contributed by atoms with E-state index in [1.807, 2.05) is 29.5 Å². The van der Waals surface area contributed by atoms with Crippen LogP contribution in [0.15, 0.2) is 237 Å². The number of hydrogen-bond donors (Lipinski definition) is 0. The Morgan fingerprint density at radius 1 is 0.284 bits per heavy atom. The van der Waals surface area contributed by atoms with Gasteiger partial charge in [-0.2, -0.15) is 0 Å². The Morgan fingerprint density at radius 2 is 0.776 bits per heavy atom. The average Bonchev–Trinajstić information content (AvgIpc) is 3.82. The van der Waals surface area contributed by atoms with Gasteiger partial charge in [0.25, 0.3) is 0 Å². The molecule has 0 radical (unpaired) electrons. The molecule has 0 amide bonds. The van der Waals surface area contributed by atoms with E-state index in [2.05, 4.69) is 218 Å². The molecular weight excluding hydrogens is 831 g/mol. The molecule has 3 nitrogen and oxygen atoms in total. The highest BCUT2D eigenvalue weighted by atomic mass is 32.1. The van der Waals surface area contributed by atoms with Crippen LogP contribution in [0, 0.1) is 0 Å². The summed E-state index contributed by atoms with van der Waals surface area (Å²) in [7, 11) is 0. The molecule has 13 rings (SSSR count). The second-order valence-electron chi connectivity index (χ2n) is 17.1. The van der Waals surface area contributed by atoms with Gasteiger partial charge in [0.2, 0.25) is 0 Å². The number of pyridine rings is 1. The smallest absolute Gasteiger partial charge is 0.160 e. The molecule has 0 N–H and O–H groups in total. The minimum atomic E-state index is 0.690. The van der Waals surface area contributed by atoms with Crippen LogP contribution in [0.5, 0.6) is 0 Å². The molecule has 10 aromatic carbocycles. The van der Waals surface area contributed by atoms with Gasteiger partial charge in [0.1, 0.15) is 0 Å². The van der Waals surface area contributed by atoms with Crippen LogP contribution in [-0.2, 0) is 0 Å². The van der Waals surface area contributed by atoms with Crippen LogP contribution in [0.3, 0.4) is 0 Å². The highest BCUT2D eigenvalue weighted by Crippen LogP contribution is 2.51. The lowest BCUT2D eigenvalue weighted by molar-refractivity contribution is 1.18. The van der Waals surface area contributed by atoms with Crippen molar-refractivity contribution in [1.29, 1.82) is 0 Å². The Bertz CT molecular complexity index is 3980. The topological polar surface area (TPSA) is 38.7 Å². The molecule has 0 saturated carbocycles. The van der Waals surface area contributed by atoms with Crippen LogP contribution >= 0.6 is 11.3 Å². The summed E-state index contributed by atoms with van der Waals surface area (Å²) in [4.78, 5) is 17.1. The molecule has 0 aliphatic rings. The lowest BCUT2D eigenvalue weighted by Gasteiger charge is -2.14. The molecule has 67 heavy (non-hydrogen) atoms. The van der Waals surface area contributed by atoms with Crippen molar-refractivity contribution in [2.24, 2.45) is 0 Å². The lowest BCUT2D eigenvalue weighted by atomic mass is 9.91. The van der Waals surface area contributed by atoms with Crippen molar-refractivity contribution >= 4 is 64.6 Å². The fourth-order valence-corrected chi connectivity index (χ4v) is 11.2. The predicted molar refractivity (Wildman–Crippen MR) is 283 cm³/mol. The Kier molecular flexibility index (Phi) is 9.36. The second-order valence-corrected chi connectivity index (χ2v) is 18.1. The SMILES string of the molecule is c1ccc(-c2cccc(-c3cc(-c4ccc(-c5c(-c6ccc7c8ccccc8c8ccccc8c7c6)sc6c5c(-c5ccccc5)nc5ccccc56)cc4)nc(-c4ccccc4)n3)c2)cc1. The average molecular weight is 870 g/mol. The molecule has 0 unspecified atom stereocenters. The van der Waals surface area contributed by atoms with Gasteiger partial charge in [0.05, 0.1) is 22.6 Å². The highest BCUT2D eigenvalue weighted by molar-refractivity contribution is 7.24. The number of fused-ring (bicyclic) bond motifs is 9. The Balaban J connectivity index is 1.03. The Labute approximate surface area is 392 Å². The van der Waals surface area contributed by atoms with E-state index in [1.54, 1.807) is 0 Å². The Hall–Kier alpha value is -8.57. The van der Waals surface area contributed by atoms with Gasteiger partial charge in [-0.3, -0.25) is 0 Å². The summed E-state index contributed by atoms with van der Waals surface area (Å²) in [5.41, 5.74) is 13.6. The molecule has 0 atom stereocenters. The van der Waals surface area contributed by atoms with Crippen LogP contribution in [0.1, 0.15) is 0 Å². The van der Waals surface area contributed by atoms with E-state index in [-0.39, 0.29) is 0 Å². The fourth-order valence-electron chi connectivity index (χ4n) is 9.87. The van der Waals surface area contributed by atoms with Gasteiger partial charge in [-0.05, 0) is 78.8 Å². The van der Waals surface area contributed by atoms with E-state index in [9.17, 15) is 0 Å². The molecule has 0 fully saturated rings. The summed E-state index contributed by atoms with van der Waals surface area (Å²) in [6.07, 6.45) is 0. The molecular formula is C63H39N3S. The molecule has 0 spiro atoms. The summed E-state index contributed by atoms with van der Waals surface area (Å²) in [5, 5.41) is 9.89. The number of para-hydroxylation sites is 1. The number of hydrogen-bond acceptors (Lipinski definition) is 4. The zero-order valence-corrected chi connectivity index (χ0v) is 37.1. The molecule has 0 aliphatic carbocycles. The summed E-state index contributed by atoms with van der Waals surface area (Å²) < 4.78 is 1.23. The summed E-state index contributed by atoms with van der Waals surface area (Å²) >= 11 is 1.87. The molecule has 0 bridgehead atoms. The summed E-state index contributed by atoms with van der Waals surface area (Å²) in [5.74, 6) is 0.690. The third-order valence-electron chi connectivity index (χ3n) is 13.1. The summed E-state index contributed by atoms with van der Waals surface area (Å²) in [6, 6.07) is 84.5. The minimum Gasteiger partial charge on any atom is -0.247 e. The van der Waals surface area contributed by atoms with Crippen LogP contribution < -0.4 is 0 Å². The van der Waals surface area contributed by atoms with Crippen molar-refractivity contribution in [3.8, 4) is 77.9 Å². The first-order valence-corrected chi connectivity index (χ1v) is 23.5. The maximum Gasteiger partial charge on any atom is 0.160 e. The van der Waals surface area contributed by atoms with Crippen molar-refractivity contribution in [3.63, 3.8) is 0 Å². The minimum absolute atomic E-state index is 0.690. The van der Waals surface area contributed by atoms with Crippen molar-refractivity contribution in [3.05, 3.63) is 237 Å². The van der Waals surface area contributed by atoms with E-state index in [0.29, 0.717) is 5.82 Å². The first-order chi connectivity index (χ1) is 33.2. The number of nitrogens with zero attached hydrogens (tertiary/aromatic N) is 3. The second kappa shape index (κ2) is 16.1. The third-order valence-corrected chi connectivity index (χ3v) is 14.3. The van der Waals surface area contributed by atoms with Gasteiger partial charge in [0.15, 0.2) is 5.82 Å². The molecule has 0 saturated heterocycles. The first kappa shape index (κ1) is 38.9. The van der Waals surface area contributed by atoms with Crippen LogP contribution in [-0.4, -0.2) is 15.0 Å². The van der Waals surface area contributed by atoms with Gasteiger partial charge in [-0.25, -0.2) is 15.0 Å². The normalized spacial score (nSPS) is 11.6. The molecule has 3 aromatic heterocycles. The Morgan fingerprint density at radius 3 is 1.45 bits per heavy atom. The number of benzene rings is 10. The van der Waals surface area contributed by atoms with E-state index < -0.39 is 0 Å². The van der Waals surface area contributed by atoms with Crippen molar-refractivity contribution in [2.45, 2.75) is 0 Å². The standard InChI is InChI=1S/C63H39N3S/c1-4-17-40(18-5-1)45-23-16-24-46(37-45)57-39-56(65-63(66-57)44-21-8-3-9-22-44)41-31-33-42(34-32-41)58-59-60(43-19-6-2-7-20-43)64-55-30-15-14-29-53(55)62(59)67-61(58)47-35-36-52-50-27-11-10-25-48(50)49-26-12-13-28-51(49)54(52)38-47/h1-39H. The zero-order chi connectivity index (χ0) is 44.3. The third kappa shape index (κ3) is 6.77. The van der Waals surface area contributed by atoms with Gasteiger partial charge in [-0.1, -0.05) is 212 Å². The molecule has 4 heteroatoms. The maximum atomic E-state index is 5.45. The van der Waals surface area contributed by atoms with Crippen LogP contribution in [0.4, 0.5) is 0 Å². The molecule has 312 valence electrons. The van der Waals surface area contributed by atoms with E-state index in [1.165, 1.54) is 58.6 Å². The largest absolute Gasteiger partial charge is 0.247 e. The fraction of sp³-hybridized carbons (Fsp3) is 0. The number of thiophene rings is 1. The molecule has 0 aliphatic heterocycles. The van der Waals surface area contributed by atoms with Crippen LogP contribution in [0.25, 0.3) is 131 Å². The van der Waals surface area contributed by atoms with Gasteiger partial charge < -0.3 is 0 Å². The quantitative estimate of drug-likeness (QED) is 0.150. The number of rotatable bonds is 7. The van der Waals surface area contributed by atoms with Gasteiger partial charge >= 0.3 is 0 Å². The van der Waals surface area contributed by atoms with Gasteiger partial charge in [-0.15, -0.1) is 11.3 Å². The number of aromatic nitrogens is 3.